The molecule has 0 aromatic heterocycles. The first kappa shape index (κ1) is 37.9. The summed E-state index contributed by atoms with van der Waals surface area (Å²) in [6, 6.07) is 28.8. The van der Waals surface area contributed by atoms with Crippen LogP contribution < -0.4 is 26.6 Å². The van der Waals surface area contributed by atoms with Crippen molar-refractivity contribution in [3.05, 3.63) is 107 Å². The molecule has 2 fully saturated rings. The third-order valence-corrected chi connectivity index (χ3v) is 10.7. The Morgan fingerprint density at radius 1 is 0.569 bits per heavy atom. The SMILES string of the molecule is O=C(CCCCCO)NCc1cccc(C(C2CCC(NC(=O)NCc3ccccc3)CC2)C2CCC(NC(=O)NCc3ccccc3)CC2)c1. The van der Waals surface area contributed by atoms with Gasteiger partial charge in [0, 0.05) is 44.7 Å². The number of carbonyl (C=O) groups excluding carboxylic acids is 3. The molecule has 0 spiro atoms. The fourth-order valence-corrected chi connectivity index (χ4v) is 7.98. The van der Waals surface area contributed by atoms with Gasteiger partial charge in [0.1, 0.15) is 0 Å². The minimum Gasteiger partial charge on any atom is -0.396 e. The van der Waals surface area contributed by atoms with E-state index in [1.807, 2.05) is 60.7 Å². The number of benzene rings is 3. The van der Waals surface area contributed by atoms with Crippen LogP contribution in [-0.4, -0.2) is 41.8 Å². The van der Waals surface area contributed by atoms with Gasteiger partial charge >= 0.3 is 12.1 Å². The standard InChI is InChI=1S/C42H57N5O4/c48-26-9-3-8-17-39(49)43-30-33-15-10-16-36(27-33)40(34-18-22-37(23-19-34)46-41(50)44-28-31-11-4-1-5-12-31)35-20-24-38(25-21-35)47-42(51)45-29-32-13-6-2-7-14-32/h1-2,4-7,10-16,27,34-35,37-38,40,48H,3,8-9,17-26,28-30H2,(H,43,49)(H2,44,46,50)(H2,45,47,51). The zero-order valence-corrected chi connectivity index (χ0v) is 30.0. The zero-order valence-electron chi connectivity index (χ0n) is 30.0. The first-order valence-electron chi connectivity index (χ1n) is 19.1. The van der Waals surface area contributed by atoms with Gasteiger partial charge in [-0.05, 0) is 104 Å². The van der Waals surface area contributed by atoms with Gasteiger partial charge in [0.05, 0.1) is 0 Å². The van der Waals surface area contributed by atoms with Crippen LogP contribution in [0.25, 0.3) is 0 Å². The van der Waals surface area contributed by atoms with E-state index >= 15 is 0 Å². The minimum atomic E-state index is -0.111. The van der Waals surface area contributed by atoms with Crippen molar-refractivity contribution < 1.29 is 19.5 Å². The molecule has 2 aliphatic rings. The smallest absolute Gasteiger partial charge is 0.315 e. The van der Waals surface area contributed by atoms with Crippen LogP contribution in [0.5, 0.6) is 0 Å². The number of rotatable bonds is 16. The maximum Gasteiger partial charge on any atom is 0.315 e. The van der Waals surface area contributed by atoms with E-state index in [2.05, 4.69) is 50.8 Å². The molecule has 0 unspecified atom stereocenters. The number of unbranched alkanes of at least 4 members (excludes halogenated alkanes) is 2. The van der Waals surface area contributed by atoms with Gasteiger partial charge in [-0.25, -0.2) is 9.59 Å². The van der Waals surface area contributed by atoms with Crippen molar-refractivity contribution in [3.8, 4) is 0 Å². The van der Waals surface area contributed by atoms with E-state index in [1.54, 1.807) is 0 Å². The van der Waals surface area contributed by atoms with Crippen molar-refractivity contribution in [2.24, 2.45) is 11.8 Å². The molecule has 2 aliphatic carbocycles. The van der Waals surface area contributed by atoms with Gasteiger partial charge in [0.25, 0.3) is 0 Å². The number of nitrogens with one attached hydrogen (secondary N) is 5. The molecule has 3 aromatic rings. The molecule has 6 N–H and O–H groups in total. The lowest BCUT2D eigenvalue weighted by Gasteiger charge is -2.41. The van der Waals surface area contributed by atoms with Gasteiger partial charge in [0.2, 0.25) is 5.91 Å². The van der Waals surface area contributed by atoms with Crippen molar-refractivity contribution in [3.63, 3.8) is 0 Å². The van der Waals surface area contributed by atoms with Crippen LogP contribution in [0.1, 0.15) is 105 Å². The summed E-state index contributed by atoms with van der Waals surface area (Å²) < 4.78 is 0. The number of aliphatic hydroxyl groups excluding tert-OH is 1. The summed E-state index contributed by atoms with van der Waals surface area (Å²) in [5.41, 5.74) is 4.60. The van der Waals surface area contributed by atoms with Gasteiger partial charge in [-0.1, -0.05) is 91.3 Å². The number of urea groups is 2. The predicted molar refractivity (Wildman–Crippen MR) is 202 cm³/mol. The van der Waals surface area contributed by atoms with Gasteiger partial charge in [-0.3, -0.25) is 4.79 Å². The Morgan fingerprint density at radius 3 is 1.57 bits per heavy atom. The highest BCUT2D eigenvalue weighted by Gasteiger charge is 2.36. The highest BCUT2D eigenvalue weighted by atomic mass is 16.3. The van der Waals surface area contributed by atoms with Crippen molar-refractivity contribution in [1.29, 1.82) is 0 Å². The Bertz CT molecular complexity index is 1410. The molecule has 0 bridgehead atoms. The lowest BCUT2D eigenvalue weighted by atomic mass is 9.66. The third-order valence-electron chi connectivity index (χ3n) is 10.7. The Kier molecular flexibility index (Phi) is 15.2. The van der Waals surface area contributed by atoms with E-state index in [1.165, 1.54) is 5.56 Å². The van der Waals surface area contributed by atoms with Crippen LogP contribution in [0, 0.1) is 11.8 Å². The van der Waals surface area contributed by atoms with Crippen LogP contribution in [-0.2, 0) is 24.4 Å². The third kappa shape index (κ3) is 12.7. The van der Waals surface area contributed by atoms with E-state index in [0.717, 1.165) is 87.3 Å². The number of carbonyl (C=O) groups is 3. The molecule has 0 aliphatic heterocycles. The van der Waals surface area contributed by atoms with Crippen molar-refractivity contribution >= 4 is 18.0 Å². The van der Waals surface area contributed by atoms with Crippen LogP contribution in [0.15, 0.2) is 84.9 Å². The van der Waals surface area contributed by atoms with Crippen molar-refractivity contribution in [2.45, 2.75) is 115 Å². The van der Waals surface area contributed by atoms with E-state index in [4.69, 9.17) is 5.11 Å². The topological polar surface area (TPSA) is 132 Å². The van der Waals surface area contributed by atoms with Crippen LogP contribution in [0.3, 0.4) is 0 Å². The summed E-state index contributed by atoms with van der Waals surface area (Å²) in [6.45, 7) is 1.69. The van der Waals surface area contributed by atoms with E-state index in [-0.39, 0.29) is 36.7 Å². The molecule has 0 heterocycles. The second-order valence-electron chi connectivity index (χ2n) is 14.4. The first-order chi connectivity index (χ1) is 25.0. The number of aliphatic hydroxyl groups is 1. The van der Waals surface area contributed by atoms with E-state index < -0.39 is 0 Å². The summed E-state index contributed by atoms with van der Waals surface area (Å²) in [4.78, 5) is 37.9. The van der Waals surface area contributed by atoms with Crippen molar-refractivity contribution in [2.75, 3.05) is 6.61 Å². The van der Waals surface area contributed by atoms with Gasteiger partial charge in [0.15, 0.2) is 0 Å². The molecule has 274 valence electrons. The fourth-order valence-electron chi connectivity index (χ4n) is 7.98. The summed E-state index contributed by atoms with van der Waals surface area (Å²) in [5.74, 6) is 1.41. The minimum absolute atomic E-state index is 0.0483. The largest absolute Gasteiger partial charge is 0.396 e. The normalized spacial score (nSPS) is 20.8. The molecule has 9 nitrogen and oxygen atoms in total. The molecule has 0 radical (unpaired) electrons. The maximum absolute atomic E-state index is 12.7. The first-order valence-corrected chi connectivity index (χ1v) is 19.1. The zero-order chi connectivity index (χ0) is 35.7. The average molecular weight is 696 g/mol. The molecule has 51 heavy (non-hydrogen) atoms. The number of amides is 5. The number of hydrogen-bond donors (Lipinski definition) is 6. The molecular formula is C42H57N5O4. The van der Waals surface area contributed by atoms with Gasteiger partial charge < -0.3 is 31.7 Å². The Balaban J connectivity index is 1.17. The molecule has 9 heteroatoms. The second-order valence-corrected chi connectivity index (χ2v) is 14.4. The Hall–Kier alpha value is -4.37. The predicted octanol–water partition coefficient (Wildman–Crippen LogP) is 7.06. The monoisotopic (exact) mass is 695 g/mol. The van der Waals surface area contributed by atoms with Gasteiger partial charge in [-0.15, -0.1) is 0 Å². The summed E-state index contributed by atoms with van der Waals surface area (Å²) in [5, 5.41) is 24.6. The van der Waals surface area contributed by atoms with Crippen molar-refractivity contribution in [1.82, 2.24) is 26.6 Å². The molecule has 3 aromatic carbocycles. The highest BCUT2D eigenvalue weighted by Crippen LogP contribution is 2.46. The summed E-state index contributed by atoms with van der Waals surface area (Å²) in [7, 11) is 0. The summed E-state index contributed by atoms with van der Waals surface area (Å²) >= 11 is 0. The molecule has 2 saturated carbocycles. The molecule has 0 atom stereocenters. The lowest BCUT2D eigenvalue weighted by molar-refractivity contribution is -0.121. The second kappa shape index (κ2) is 20.5. The van der Waals surface area contributed by atoms with Crippen LogP contribution in [0.4, 0.5) is 9.59 Å². The van der Waals surface area contributed by atoms with E-state index in [9.17, 15) is 14.4 Å². The molecule has 0 saturated heterocycles. The summed E-state index contributed by atoms with van der Waals surface area (Å²) in [6.07, 6.45) is 10.8. The van der Waals surface area contributed by atoms with Crippen LogP contribution in [0.2, 0.25) is 0 Å². The van der Waals surface area contributed by atoms with Crippen LogP contribution >= 0.6 is 0 Å². The number of hydrogen-bond acceptors (Lipinski definition) is 4. The lowest BCUT2D eigenvalue weighted by Crippen LogP contribution is -2.45. The Labute approximate surface area is 303 Å². The quantitative estimate of drug-likeness (QED) is 0.0897. The van der Waals surface area contributed by atoms with Gasteiger partial charge in [-0.2, -0.15) is 0 Å². The highest BCUT2D eigenvalue weighted by molar-refractivity contribution is 5.76. The molecule has 5 amide bonds. The van der Waals surface area contributed by atoms with E-state index in [0.29, 0.717) is 43.8 Å². The Morgan fingerprint density at radius 2 is 1.06 bits per heavy atom. The maximum atomic E-state index is 12.7. The molecular weight excluding hydrogens is 638 g/mol. The average Bonchev–Trinajstić information content (AvgIpc) is 3.16. The molecule has 5 rings (SSSR count). The fraction of sp³-hybridized carbons (Fsp3) is 0.500.